The van der Waals surface area contributed by atoms with Crippen molar-refractivity contribution in [3.05, 3.63) is 35.6 Å². The van der Waals surface area contributed by atoms with Crippen LogP contribution in [0.1, 0.15) is 12.0 Å². The number of carbonyl (C=O) groups excluding carboxylic acids is 1. The lowest BCUT2D eigenvalue weighted by Gasteiger charge is -2.27. The van der Waals surface area contributed by atoms with Crippen molar-refractivity contribution in [1.29, 1.82) is 0 Å². The van der Waals surface area contributed by atoms with Crippen molar-refractivity contribution in [2.45, 2.75) is 25.0 Å². The Labute approximate surface area is 93.2 Å². The summed E-state index contributed by atoms with van der Waals surface area (Å²) in [5, 5.41) is 3.17. The first-order chi connectivity index (χ1) is 7.74. The molecule has 2 unspecified atom stereocenters. The maximum atomic E-state index is 13.0. The summed E-state index contributed by atoms with van der Waals surface area (Å²) in [7, 11) is 0. The van der Waals surface area contributed by atoms with Gasteiger partial charge in [0.15, 0.2) is 0 Å². The highest BCUT2D eigenvalue weighted by molar-refractivity contribution is 5.85. The predicted molar refractivity (Wildman–Crippen MR) is 57.1 cm³/mol. The number of rotatable bonds is 2. The number of nitrogens with zero attached hydrogens (tertiary/aromatic N) is 1. The summed E-state index contributed by atoms with van der Waals surface area (Å²) in [5.41, 5.74) is 0.862. The first-order valence-electron chi connectivity index (χ1n) is 5.52. The summed E-state index contributed by atoms with van der Waals surface area (Å²) in [6, 6.07) is 6.74. The van der Waals surface area contributed by atoms with E-state index < -0.39 is 0 Å². The van der Waals surface area contributed by atoms with E-state index in [9.17, 15) is 9.18 Å². The maximum Gasteiger partial charge on any atom is 0.240 e. The number of halogens is 1. The lowest BCUT2D eigenvalue weighted by atomic mass is 10.2. The average molecular weight is 220 g/mol. The maximum absolute atomic E-state index is 13.0. The molecule has 84 valence electrons. The topological polar surface area (TPSA) is 32.3 Å². The number of piperazine rings is 1. The van der Waals surface area contributed by atoms with Gasteiger partial charge < -0.3 is 10.2 Å². The Hall–Kier alpha value is -1.42. The highest BCUT2D eigenvalue weighted by atomic mass is 19.1. The van der Waals surface area contributed by atoms with E-state index in [1.165, 1.54) is 12.1 Å². The van der Waals surface area contributed by atoms with E-state index >= 15 is 0 Å². The number of nitrogens with one attached hydrogen (secondary N) is 1. The fraction of sp³-hybridized carbons (Fsp3) is 0.417. The van der Waals surface area contributed by atoms with Crippen molar-refractivity contribution in [3.8, 4) is 0 Å². The van der Waals surface area contributed by atoms with Gasteiger partial charge in [0.1, 0.15) is 5.82 Å². The molecule has 0 saturated carbocycles. The van der Waals surface area contributed by atoms with Crippen LogP contribution in [0.2, 0.25) is 0 Å². The molecule has 2 fully saturated rings. The minimum atomic E-state index is -0.243. The normalized spacial score (nSPS) is 27.8. The molecule has 3 nitrogen and oxygen atoms in total. The Kier molecular flexibility index (Phi) is 2.17. The Morgan fingerprint density at radius 2 is 2.38 bits per heavy atom. The van der Waals surface area contributed by atoms with Gasteiger partial charge in [0.05, 0.1) is 6.04 Å². The van der Waals surface area contributed by atoms with Crippen LogP contribution >= 0.6 is 0 Å². The summed E-state index contributed by atoms with van der Waals surface area (Å²) in [5.74, 6) is -0.0899. The minimum Gasteiger partial charge on any atom is -0.333 e. The Morgan fingerprint density at radius 3 is 3.06 bits per heavy atom. The van der Waals surface area contributed by atoms with Crippen LogP contribution in [0.5, 0.6) is 0 Å². The lowest BCUT2D eigenvalue weighted by molar-refractivity contribution is -0.132. The molecule has 2 saturated heterocycles. The number of hydrogen-bond acceptors (Lipinski definition) is 2. The van der Waals surface area contributed by atoms with Crippen molar-refractivity contribution >= 4 is 5.91 Å². The largest absolute Gasteiger partial charge is 0.333 e. The third kappa shape index (κ3) is 1.50. The summed E-state index contributed by atoms with van der Waals surface area (Å²) >= 11 is 0. The van der Waals surface area contributed by atoms with Crippen LogP contribution in [0.25, 0.3) is 0 Å². The quantitative estimate of drug-likeness (QED) is 0.803. The fourth-order valence-corrected chi connectivity index (χ4v) is 2.56. The molecule has 2 atom stereocenters. The van der Waals surface area contributed by atoms with Crippen LogP contribution in [-0.2, 0) is 11.3 Å². The summed E-state index contributed by atoms with van der Waals surface area (Å²) in [4.78, 5) is 13.7. The Morgan fingerprint density at radius 1 is 1.50 bits per heavy atom. The van der Waals surface area contributed by atoms with E-state index in [1.807, 2.05) is 11.0 Å². The van der Waals surface area contributed by atoms with Crippen molar-refractivity contribution in [2.75, 3.05) is 6.54 Å². The molecular formula is C12H13FN2O. The van der Waals surface area contributed by atoms with Gasteiger partial charge in [0, 0.05) is 19.1 Å². The number of benzene rings is 1. The standard InChI is InChI=1S/C12H13FN2O/c13-9-3-1-2-8(4-9)7-15-10-5-11(12(15)16)14-6-10/h1-4,10-11,14H,5-7H2. The summed E-state index contributed by atoms with van der Waals surface area (Å²) in [6.07, 6.45) is 0.897. The van der Waals surface area contributed by atoms with Gasteiger partial charge in [-0.15, -0.1) is 0 Å². The second-order valence-electron chi connectivity index (χ2n) is 4.45. The second-order valence-corrected chi connectivity index (χ2v) is 4.45. The van der Waals surface area contributed by atoms with Gasteiger partial charge in [-0.2, -0.15) is 0 Å². The molecule has 2 heterocycles. The molecule has 0 spiro atoms. The molecule has 0 radical (unpaired) electrons. The molecular weight excluding hydrogens is 207 g/mol. The number of fused-ring (bicyclic) bond motifs is 2. The number of carbonyl (C=O) groups is 1. The van der Waals surface area contributed by atoms with E-state index in [-0.39, 0.29) is 17.8 Å². The van der Waals surface area contributed by atoms with Crippen LogP contribution in [0.15, 0.2) is 24.3 Å². The molecule has 16 heavy (non-hydrogen) atoms. The van der Waals surface area contributed by atoms with E-state index in [0.29, 0.717) is 12.6 Å². The zero-order valence-corrected chi connectivity index (χ0v) is 8.82. The van der Waals surface area contributed by atoms with Gasteiger partial charge in [-0.05, 0) is 24.1 Å². The molecule has 3 rings (SSSR count). The SMILES string of the molecule is O=C1C2CC(CN2)N1Cc1cccc(F)c1. The van der Waals surface area contributed by atoms with Crippen molar-refractivity contribution in [3.63, 3.8) is 0 Å². The molecule has 1 amide bonds. The molecule has 2 bridgehead atoms. The molecule has 0 aliphatic carbocycles. The monoisotopic (exact) mass is 220 g/mol. The first kappa shape index (κ1) is 9.78. The van der Waals surface area contributed by atoms with Crippen molar-refractivity contribution < 1.29 is 9.18 Å². The summed E-state index contributed by atoms with van der Waals surface area (Å²) < 4.78 is 13.0. The third-order valence-corrected chi connectivity index (χ3v) is 3.37. The summed E-state index contributed by atoms with van der Waals surface area (Å²) in [6.45, 7) is 1.39. The Balaban J connectivity index is 1.78. The lowest BCUT2D eigenvalue weighted by Crippen LogP contribution is -2.47. The van der Waals surface area contributed by atoms with Crippen LogP contribution in [0.3, 0.4) is 0 Å². The zero-order chi connectivity index (χ0) is 11.1. The first-order valence-corrected chi connectivity index (χ1v) is 5.52. The minimum absolute atomic E-state index is 0.00133. The van der Waals surface area contributed by atoms with E-state index in [2.05, 4.69) is 5.32 Å². The highest BCUT2D eigenvalue weighted by Gasteiger charge is 2.44. The van der Waals surface area contributed by atoms with Gasteiger partial charge in [-0.25, -0.2) is 4.39 Å². The molecule has 4 heteroatoms. The molecule has 0 aromatic heterocycles. The molecule has 1 aromatic carbocycles. The fourth-order valence-electron chi connectivity index (χ4n) is 2.56. The van der Waals surface area contributed by atoms with Crippen molar-refractivity contribution in [1.82, 2.24) is 10.2 Å². The third-order valence-electron chi connectivity index (χ3n) is 3.37. The second kappa shape index (κ2) is 3.56. The van der Waals surface area contributed by atoms with Crippen LogP contribution < -0.4 is 5.32 Å². The van der Waals surface area contributed by atoms with Crippen LogP contribution in [0.4, 0.5) is 4.39 Å². The van der Waals surface area contributed by atoms with Gasteiger partial charge >= 0.3 is 0 Å². The van der Waals surface area contributed by atoms with Gasteiger partial charge in [0.2, 0.25) is 5.91 Å². The van der Waals surface area contributed by atoms with E-state index in [0.717, 1.165) is 18.5 Å². The van der Waals surface area contributed by atoms with Crippen LogP contribution in [-0.4, -0.2) is 29.4 Å². The van der Waals surface area contributed by atoms with Crippen molar-refractivity contribution in [2.24, 2.45) is 0 Å². The zero-order valence-electron chi connectivity index (χ0n) is 8.82. The molecule has 2 aliphatic heterocycles. The molecule has 1 aromatic rings. The van der Waals surface area contributed by atoms with Gasteiger partial charge in [-0.3, -0.25) is 4.79 Å². The van der Waals surface area contributed by atoms with E-state index in [1.54, 1.807) is 6.07 Å². The number of likely N-dealkylation sites (tertiary alicyclic amines) is 1. The van der Waals surface area contributed by atoms with Crippen LogP contribution in [0, 0.1) is 5.82 Å². The highest BCUT2D eigenvalue weighted by Crippen LogP contribution is 2.26. The number of amides is 1. The van der Waals surface area contributed by atoms with Gasteiger partial charge in [0.25, 0.3) is 0 Å². The van der Waals surface area contributed by atoms with Gasteiger partial charge in [-0.1, -0.05) is 12.1 Å². The predicted octanol–water partition coefficient (Wildman–Crippen LogP) is 0.898. The van der Waals surface area contributed by atoms with E-state index in [4.69, 9.17) is 0 Å². The molecule has 1 N–H and O–H groups in total. The Bertz CT molecular complexity index is 435. The average Bonchev–Trinajstić information content (AvgIpc) is 2.82. The smallest absolute Gasteiger partial charge is 0.240 e. The molecule has 2 aliphatic rings. The number of hydrogen-bond donors (Lipinski definition) is 1.